The normalized spacial score (nSPS) is 13.0. The number of hydrogen-bond donors (Lipinski definition) is 2. The van der Waals surface area contributed by atoms with Gasteiger partial charge in [-0.15, -0.1) is 0 Å². The summed E-state index contributed by atoms with van der Waals surface area (Å²) in [7, 11) is -3.54. The van der Waals surface area contributed by atoms with Gasteiger partial charge in [-0.3, -0.25) is 4.79 Å². The number of anilines is 1. The number of hydrogen-bond acceptors (Lipinski definition) is 5. The van der Waals surface area contributed by atoms with Crippen LogP contribution in [0.3, 0.4) is 0 Å². The Labute approximate surface area is 158 Å². The summed E-state index contributed by atoms with van der Waals surface area (Å²) in [5.74, 6) is -0.170. The fourth-order valence-corrected chi connectivity index (χ4v) is 4.39. The van der Waals surface area contributed by atoms with Gasteiger partial charge < -0.3 is 9.88 Å². The quantitative estimate of drug-likeness (QED) is 0.669. The molecule has 0 aliphatic rings. The van der Waals surface area contributed by atoms with Crippen LogP contribution in [0.15, 0.2) is 46.7 Å². The average molecular weight is 397 g/mol. The molecule has 1 aromatic carbocycles. The van der Waals surface area contributed by atoms with Crippen LogP contribution >= 0.6 is 11.8 Å². The van der Waals surface area contributed by atoms with E-state index in [9.17, 15) is 13.2 Å². The lowest BCUT2D eigenvalue weighted by atomic mass is 10.3. The van der Waals surface area contributed by atoms with Crippen molar-refractivity contribution in [3.8, 4) is 0 Å². The van der Waals surface area contributed by atoms with E-state index in [0.717, 1.165) is 11.7 Å². The van der Waals surface area contributed by atoms with Crippen LogP contribution in [0, 0.1) is 0 Å². The van der Waals surface area contributed by atoms with E-state index in [1.165, 1.54) is 23.9 Å². The molecule has 1 amide bonds. The van der Waals surface area contributed by atoms with Crippen LogP contribution in [-0.2, 0) is 21.4 Å². The number of carbonyl (C=O) groups excluding carboxylic acids is 1. The van der Waals surface area contributed by atoms with Crippen molar-refractivity contribution in [1.29, 1.82) is 0 Å². The lowest BCUT2D eigenvalue weighted by Gasteiger charge is -2.13. The van der Waals surface area contributed by atoms with Gasteiger partial charge in [-0.2, -0.15) is 0 Å². The Morgan fingerprint density at radius 1 is 1.23 bits per heavy atom. The maximum absolute atomic E-state index is 12.4. The summed E-state index contributed by atoms with van der Waals surface area (Å²) in [6, 6.07) is 5.92. The molecule has 0 unspecified atom stereocenters. The van der Waals surface area contributed by atoms with Crippen LogP contribution in [-0.4, -0.2) is 35.2 Å². The van der Waals surface area contributed by atoms with Crippen molar-refractivity contribution in [2.75, 3.05) is 5.32 Å². The third-order valence-corrected chi connectivity index (χ3v) is 6.29. The highest BCUT2D eigenvalue weighted by atomic mass is 32.2. The van der Waals surface area contributed by atoms with Crippen LogP contribution in [0.5, 0.6) is 0 Å². The summed E-state index contributed by atoms with van der Waals surface area (Å²) in [6.07, 6.45) is 3.58. The van der Waals surface area contributed by atoms with Gasteiger partial charge in [0.2, 0.25) is 15.9 Å². The summed E-state index contributed by atoms with van der Waals surface area (Å²) in [6.45, 7) is 8.13. The SMILES string of the molecule is CCn1ccnc1S[C@@H](C)C(=O)Nc1ccc(S(=O)(=O)NC(C)C)cc1. The highest BCUT2D eigenvalue weighted by molar-refractivity contribution is 8.00. The Bertz CT molecular complexity index is 845. The molecule has 0 fully saturated rings. The molecule has 2 rings (SSSR count). The molecule has 142 valence electrons. The van der Waals surface area contributed by atoms with Gasteiger partial charge in [-0.25, -0.2) is 18.1 Å². The molecule has 2 N–H and O–H groups in total. The number of rotatable bonds is 8. The zero-order chi connectivity index (χ0) is 19.3. The van der Waals surface area contributed by atoms with Crippen LogP contribution in [0.25, 0.3) is 0 Å². The van der Waals surface area contributed by atoms with Crippen molar-refractivity contribution in [2.45, 2.75) is 55.6 Å². The van der Waals surface area contributed by atoms with Crippen molar-refractivity contribution in [3.05, 3.63) is 36.7 Å². The number of thioether (sulfide) groups is 1. The minimum absolute atomic E-state index is 0.164. The van der Waals surface area contributed by atoms with E-state index in [4.69, 9.17) is 0 Å². The van der Waals surface area contributed by atoms with Gasteiger partial charge in [0.1, 0.15) is 0 Å². The Balaban J connectivity index is 2.01. The highest BCUT2D eigenvalue weighted by Gasteiger charge is 2.18. The molecule has 1 heterocycles. The topological polar surface area (TPSA) is 93.1 Å². The molecule has 0 radical (unpaired) electrons. The number of sulfonamides is 1. The van der Waals surface area contributed by atoms with Gasteiger partial charge in [-0.05, 0) is 52.0 Å². The molecular formula is C17H24N4O3S2. The molecule has 26 heavy (non-hydrogen) atoms. The Kier molecular flexibility index (Phi) is 6.85. The lowest BCUT2D eigenvalue weighted by molar-refractivity contribution is -0.115. The van der Waals surface area contributed by atoms with Gasteiger partial charge in [0.15, 0.2) is 5.16 Å². The van der Waals surface area contributed by atoms with Crippen LogP contribution in [0.1, 0.15) is 27.7 Å². The number of nitrogens with one attached hydrogen (secondary N) is 2. The van der Waals surface area contributed by atoms with Crippen molar-refractivity contribution >= 4 is 33.4 Å². The molecular weight excluding hydrogens is 372 g/mol. The first kappa shape index (κ1) is 20.5. The van der Waals surface area contributed by atoms with Crippen molar-refractivity contribution in [3.63, 3.8) is 0 Å². The maximum atomic E-state index is 12.4. The molecule has 0 aliphatic carbocycles. The minimum atomic E-state index is -3.54. The second-order valence-corrected chi connectivity index (χ2v) is 9.07. The van der Waals surface area contributed by atoms with Crippen LogP contribution in [0.2, 0.25) is 0 Å². The first-order valence-electron chi connectivity index (χ1n) is 8.34. The van der Waals surface area contributed by atoms with Gasteiger partial charge in [-0.1, -0.05) is 11.8 Å². The summed E-state index contributed by atoms with van der Waals surface area (Å²) in [5, 5.41) is 3.25. The van der Waals surface area contributed by atoms with Crippen molar-refractivity contribution in [2.24, 2.45) is 0 Å². The standard InChI is InChI=1S/C17H24N4O3S2/c1-5-21-11-10-18-17(21)25-13(4)16(22)19-14-6-8-15(9-7-14)26(23,24)20-12(2)3/h6-13,20H,5H2,1-4H3,(H,19,22)/t13-/m0/s1. The first-order chi connectivity index (χ1) is 12.2. The second kappa shape index (κ2) is 8.70. The van der Waals surface area contributed by atoms with E-state index >= 15 is 0 Å². The highest BCUT2D eigenvalue weighted by Crippen LogP contribution is 2.23. The maximum Gasteiger partial charge on any atom is 0.240 e. The number of imidazole rings is 1. The third-order valence-electron chi connectivity index (χ3n) is 3.49. The predicted octanol–water partition coefficient (Wildman–Crippen LogP) is 2.71. The van der Waals surface area contributed by atoms with E-state index < -0.39 is 10.0 Å². The van der Waals surface area contributed by atoms with Crippen LogP contribution < -0.4 is 10.0 Å². The minimum Gasteiger partial charge on any atom is -0.326 e. The fourth-order valence-electron chi connectivity index (χ4n) is 2.21. The Morgan fingerprint density at radius 3 is 2.46 bits per heavy atom. The molecule has 1 atom stereocenters. The smallest absolute Gasteiger partial charge is 0.240 e. The predicted molar refractivity (Wildman–Crippen MR) is 104 cm³/mol. The van der Waals surface area contributed by atoms with Gasteiger partial charge in [0.05, 0.1) is 10.1 Å². The number of nitrogens with zero attached hydrogens (tertiary/aromatic N) is 2. The summed E-state index contributed by atoms with van der Waals surface area (Å²) < 4.78 is 28.7. The van der Waals surface area contributed by atoms with Gasteiger partial charge in [0, 0.05) is 30.7 Å². The number of aromatic nitrogens is 2. The molecule has 1 aromatic heterocycles. The molecule has 0 saturated carbocycles. The monoisotopic (exact) mass is 396 g/mol. The van der Waals surface area contributed by atoms with Crippen LogP contribution in [0.4, 0.5) is 5.69 Å². The summed E-state index contributed by atoms with van der Waals surface area (Å²) in [4.78, 5) is 16.8. The van der Waals surface area contributed by atoms with E-state index in [2.05, 4.69) is 15.0 Å². The molecule has 7 nitrogen and oxygen atoms in total. The average Bonchev–Trinajstić information content (AvgIpc) is 3.01. The Hall–Kier alpha value is -1.84. The fraction of sp³-hybridized carbons (Fsp3) is 0.412. The molecule has 2 aromatic rings. The molecule has 0 spiro atoms. The van der Waals surface area contributed by atoms with E-state index in [-0.39, 0.29) is 22.1 Å². The number of amides is 1. The lowest BCUT2D eigenvalue weighted by Crippen LogP contribution is -2.30. The van der Waals surface area contributed by atoms with Crippen molar-refractivity contribution in [1.82, 2.24) is 14.3 Å². The third kappa shape index (κ3) is 5.33. The number of aryl methyl sites for hydroxylation is 1. The van der Waals surface area contributed by atoms with E-state index in [0.29, 0.717) is 5.69 Å². The second-order valence-electron chi connectivity index (χ2n) is 6.05. The van der Waals surface area contributed by atoms with Gasteiger partial charge >= 0.3 is 0 Å². The number of carbonyl (C=O) groups is 1. The summed E-state index contributed by atoms with van der Waals surface area (Å²) in [5.41, 5.74) is 0.546. The largest absolute Gasteiger partial charge is 0.326 e. The molecule has 0 bridgehead atoms. The zero-order valence-electron chi connectivity index (χ0n) is 15.3. The van der Waals surface area contributed by atoms with E-state index in [1.54, 1.807) is 39.1 Å². The molecule has 0 aliphatic heterocycles. The zero-order valence-corrected chi connectivity index (χ0v) is 16.9. The molecule has 0 saturated heterocycles. The molecule has 9 heteroatoms. The first-order valence-corrected chi connectivity index (χ1v) is 10.7. The van der Waals surface area contributed by atoms with Gasteiger partial charge in [0.25, 0.3) is 0 Å². The Morgan fingerprint density at radius 2 is 1.88 bits per heavy atom. The van der Waals surface area contributed by atoms with Crippen molar-refractivity contribution < 1.29 is 13.2 Å². The summed E-state index contributed by atoms with van der Waals surface area (Å²) >= 11 is 1.38. The number of benzene rings is 1. The van der Waals surface area contributed by atoms with E-state index in [1.807, 2.05) is 17.7 Å².